The summed E-state index contributed by atoms with van der Waals surface area (Å²) >= 11 is 0. The van der Waals surface area contributed by atoms with E-state index >= 15 is 0 Å². The fourth-order valence-corrected chi connectivity index (χ4v) is 5.10. The molecule has 5 rings (SSSR count). The molecule has 0 bridgehead atoms. The molecular formula is C28H26N2. The van der Waals surface area contributed by atoms with Crippen molar-refractivity contribution in [1.82, 2.24) is 0 Å². The summed E-state index contributed by atoms with van der Waals surface area (Å²) in [5.41, 5.74) is 23.8. The number of anilines is 1. The lowest BCUT2D eigenvalue weighted by molar-refractivity contribution is 0.725. The number of allylic oxidation sites excluding steroid dienone is 5. The quantitative estimate of drug-likeness (QED) is 0.526. The number of nitrogen functional groups attached to an aromatic ring is 1. The molecule has 0 fully saturated rings. The number of benzene rings is 3. The van der Waals surface area contributed by atoms with Gasteiger partial charge in [-0.2, -0.15) is 0 Å². The second kappa shape index (κ2) is 6.77. The van der Waals surface area contributed by atoms with Crippen LogP contribution in [0, 0.1) is 6.92 Å². The molecule has 0 aromatic heterocycles. The fourth-order valence-electron chi connectivity index (χ4n) is 5.10. The Balaban J connectivity index is 1.94. The van der Waals surface area contributed by atoms with E-state index in [0.29, 0.717) is 0 Å². The first kappa shape index (κ1) is 18.5. The van der Waals surface area contributed by atoms with E-state index < -0.39 is 0 Å². The van der Waals surface area contributed by atoms with Gasteiger partial charge in [0.15, 0.2) is 0 Å². The molecule has 0 aliphatic heterocycles. The summed E-state index contributed by atoms with van der Waals surface area (Å²) in [5, 5.41) is 0. The zero-order valence-corrected chi connectivity index (χ0v) is 17.4. The largest absolute Gasteiger partial charge is 0.399 e. The molecule has 0 radical (unpaired) electrons. The average Bonchev–Trinajstić information content (AvgIpc) is 2.95. The number of nitrogens with two attached hydrogens (primary N) is 2. The molecule has 148 valence electrons. The number of fused-ring (bicyclic) bond motifs is 3. The second-order valence-corrected chi connectivity index (χ2v) is 8.33. The first-order valence-electron chi connectivity index (χ1n) is 10.4. The molecule has 2 aliphatic carbocycles. The highest BCUT2D eigenvalue weighted by Gasteiger charge is 2.46. The molecule has 2 nitrogen and oxygen atoms in total. The highest BCUT2D eigenvalue weighted by molar-refractivity contribution is 5.86. The number of rotatable bonds is 2. The Morgan fingerprint density at radius 1 is 0.800 bits per heavy atom. The summed E-state index contributed by atoms with van der Waals surface area (Å²) in [5.74, 6) is 0. The lowest BCUT2D eigenvalue weighted by Gasteiger charge is -2.36. The lowest BCUT2D eigenvalue weighted by Crippen LogP contribution is -2.30. The molecule has 3 aromatic carbocycles. The zero-order valence-electron chi connectivity index (χ0n) is 17.4. The summed E-state index contributed by atoms with van der Waals surface area (Å²) in [7, 11) is 0. The van der Waals surface area contributed by atoms with Gasteiger partial charge >= 0.3 is 0 Å². The van der Waals surface area contributed by atoms with Gasteiger partial charge in [-0.05, 0) is 76.9 Å². The van der Waals surface area contributed by atoms with Crippen LogP contribution >= 0.6 is 0 Å². The minimum absolute atomic E-state index is 0.373. The normalized spacial score (nSPS) is 16.7. The molecule has 0 saturated heterocycles. The van der Waals surface area contributed by atoms with Crippen LogP contribution in [0.1, 0.15) is 35.6 Å². The van der Waals surface area contributed by atoms with Crippen LogP contribution in [0.15, 0.2) is 102 Å². The molecule has 30 heavy (non-hydrogen) atoms. The van der Waals surface area contributed by atoms with Crippen LogP contribution in [0.5, 0.6) is 0 Å². The van der Waals surface area contributed by atoms with E-state index in [4.69, 9.17) is 11.5 Å². The maximum Gasteiger partial charge on any atom is 0.0679 e. The van der Waals surface area contributed by atoms with Crippen molar-refractivity contribution in [2.75, 3.05) is 5.73 Å². The minimum Gasteiger partial charge on any atom is -0.399 e. The summed E-state index contributed by atoms with van der Waals surface area (Å²) in [6, 6.07) is 24.1. The van der Waals surface area contributed by atoms with Crippen molar-refractivity contribution < 1.29 is 0 Å². The second-order valence-electron chi connectivity index (χ2n) is 8.33. The molecule has 0 amide bonds. The number of hydrogen-bond donors (Lipinski definition) is 2. The monoisotopic (exact) mass is 390 g/mol. The van der Waals surface area contributed by atoms with Crippen molar-refractivity contribution in [2.45, 2.75) is 25.7 Å². The van der Waals surface area contributed by atoms with Crippen molar-refractivity contribution in [3.05, 3.63) is 124 Å². The van der Waals surface area contributed by atoms with Crippen molar-refractivity contribution in [1.29, 1.82) is 0 Å². The Bertz CT molecular complexity index is 1210. The van der Waals surface area contributed by atoms with Crippen molar-refractivity contribution in [3.63, 3.8) is 0 Å². The Hall–Kier alpha value is -3.52. The van der Waals surface area contributed by atoms with E-state index in [0.717, 1.165) is 28.9 Å². The summed E-state index contributed by atoms with van der Waals surface area (Å²) in [6.07, 6.45) is 7.35. The van der Waals surface area contributed by atoms with Crippen LogP contribution in [0.2, 0.25) is 0 Å². The van der Waals surface area contributed by atoms with Gasteiger partial charge in [-0.25, -0.2) is 0 Å². The van der Waals surface area contributed by atoms with E-state index in [2.05, 4.69) is 86.7 Å². The van der Waals surface area contributed by atoms with Gasteiger partial charge in [0.1, 0.15) is 0 Å². The van der Waals surface area contributed by atoms with Crippen LogP contribution in [0.4, 0.5) is 5.69 Å². The van der Waals surface area contributed by atoms with Gasteiger partial charge in [-0.15, -0.1) is 0 Å². The maximum absolute atomic E-state index is 6.29. The van der Waals surface area contributed by atoms with Gasteiger partial charge in [0.2, 0.25) is 0 Å². The fraction of sp³-hybridized carbons (Fsp3) is 0.143. The van der Waals surface area contributed by atoms with Gasteiger partial charge in [0.05, 0.1) is 5.41 Å². The van der Waals surface area contributed by atoms with Crippen LogP contribution in [-0.4, -0.2) is 0 Å². The third kappa shape index (κ3) is 2.50. The predicted molar refractivity (Wildman–Crippen MR) is 126 cm³/mol. The van der Waals surface area contributed by atoms with Crippen LogP contribution < -0.4 is 11.5 Å². The van der Waals surface area contributed by atoms with Crippen LogP contribution in [-0.2, 0) is 5.41 Å². The highest BCUT2D eigenvalue weighted by atomic mass is 14.6. The minimum atomic E-state index is -0.373. The van der Waals surface area contributed by atoms with E-state index in [1.165, 1.54) is 33.4 Å². The van der Waals surface area contributed by atoms with Gasteiger partial charge in [-0.1, -0.05) is 72.8 Å². The highest BCUT2D eigenvalue weighted by Crippen LogP contribution is 2.57. The maximum atomic E-state index is 6.29. The molecule has 0 spiro atoms. The Labute approximate surface area is 178 Å². The van der Waals surface area contributed by atoms with E-state index in [1.54, 1.807) is 0 Å². The van der Waals surface area contributed by atoms with Crippen LogP contribution in [0.3, 0.4) is 0 Å². The SMILES string of the molecule is CC1=C(N)C=CCC(C2(c3ccc(N)c(C)c3)c3ccccc3-c3ccccc32)=C1. The molecule has 2 aliphatic rings. The molecule has 3 aromatic rings. The number of hydrogen-bond acceptors (Lipinski definition) is 2. The van der Waals surface area contributed by atoms with E-state index in [9.17, 15) is 0 Å². The van der Waals surface area contributed by atoms with E-state index in [1.807, 2.05) is 12.1 Å². The number of aryl methyl sites for hydroxylation is 1. The Kier molecular flexibility index (Phi) is 4.18. The summed E-state index contributed by atoms with van der Waals surface area (Å²) < 4.78 is 0. The van der Waals surface area contributed by atoms with Gasteiger partial charge in [-0.3, -0.25) is 0 Å². The van der Waals surface area contributed by atoms with Gasteiger partial charge < -0.3 is 11.5 Å². The molecule has 0 heterocycles. The zero-order chi connectivity index (χ0) is 20.9. The molecule has 0 unspecified atom stereocenters. The smallest absolute Gasteiger partial charge is 0.0679 e. The van der Waals surface area contributed by atoms with Gasteiger partial charge in [0, 0.05) is 11.4 Å². The van der Waals surface area contributed by atoms with Crippen molar-refractivity contribution in [2.24, 2.45) is 5.73 Å². The van der Waals surface area contributed by atoms with Crippen molar-refractivity contribution in [3.8, 4) is 11.1 Å². The molecule has 2 heteroatoms. The molecule has 0 atom stereocenters. The summed E-state index contributed by atoms with van der Waals surface area (Å²) in [6.45, 7) is 4.18. The standard InChI is InChI=1S/C28H26N2/c1-18-16-20(8-7-13-26(18)29)28(21-14-15-27(30)19(2)17-21)24-11-5-3-9-22(24)23-10-4-6-12-25(23)28/h3-7,9-17H,8,29-30H2,1-2H3. The van der Waals surface area contributed by atoms with E-state index in [-0.39, 0.29) is 5.41 Å². The predicted octanol–water partition coefficient (Wildman–Crippen LogP) is 6.01. The third-order valence-electron chi connectivity index (χ3n) is 6.62. The molecule has 4 N–H and O–H groups in total. The Morgan fingerprint density at radius 3 is 2.07 bits per heavy atom. The summed E-state index contributed by atoms with van der Waals surface area (Å²) in [4.78, 5) is 0. The van der Waals surface area contributed by atoms with Gasteiger partial charge in [0.25, 0.3) is 0 Å². The first-order valence-corrected chi connectivity index (χ1v) is 10.4. The lowest BCUT2D eigenvalue weighted by atomic mass is 9.65. The third-order valence-corrected chi connectivity index (χ3v) is 6.62. The average molecular weight is 391 g/mol. The van der Waals surface area contributed by atoms with Crippen LogP contribution in [0.25, 0.3) is 11.1 Å². The molecular weight excluding hydrogens is 364 g/mol. The topological polar surface area (TPSA) is 52.0 Å². The Morgan fingerprint density at radius 2 is 1.43 bits per heavy atom. The first-order chi connectivity index (χ1) is 14.5. The molecule has 0 saturated carbocycles. The van der Waals surface area contributed by atoms with Crippen molar-refractivity contribution >= 4 is 5.69 Å².